The second-order valence-corrected chi connectivity index (χ2v) is 7.76. The van der Waals surface area contributed by atoms with Gasteiger partial charge in [-0.15, -0.1) is 0 Å². The summed E-state index contributed by atoms with van der Waals surface area (Å²) in [6.07, 6.45) is 2.82. The van der Waals surface area contributed by atoms with E-state index in [1.54, 1.807) is 23.4 Å². The monoisotopic (exact) mass is 404 g/mol. The van der Waals surface area contributed by atoms with Gasteiger partial charge in [0.1, 0.15) is 12.1 Å². The lowest BCUT2D eigenvalue weighted by atomic mass is 9.96. The third-order valence-corrected chi connectivity index (χ3v) is 5.11. The summed E-state index contributed by atoms with van der Waals surface area (Å²) in [6, 6.07) is 6.01. The molecule has 2 N–H and O–H groups in total. The van der Waals surface area contributed by atoms with Crippen LogP contribution in [0.4, 0.5) is 4.79 Å². The molecular formula is C20H25ClN4O3. The number of urea groups is 1. The average Bonchev–Trinajstić information content (AvgIpc) is 3.15. The van der Waals surface area contributed by atoms with Crippen molar-refractivity contribution in [1.82, 2.24) is 20.2 Å². The van der Waals surface area contributed by atoms with Crippen molar-refractivity contribution in [3.05, 3.63) is 52.6 Å². The standard InChI is InChI=1S/C20H25ClN4O3/c1-12(2)10-16(19(26)28-3)24-20(27)25-9-8-15-17(23-11-22-15)18(25)13-4-6-14(21)7-5-13/h4-7,11-12,16,18H,8-10H2,1-3H3,(H,22,23)(H,24,27)/t16-,18-/m0/s1. The molecule has 8 heteroatoms. The Kier molecular flexibility index (Phi) is 6.24. The number of carbonyl (C=O) groups excluding carboxylic acids is 2. The average molecular weight is 405 g/mol. The van der Waals surface area contributed by atoms with Gasteiger partial charge in [-0.2, -0.15) is 0 Å². The van der Waals surface area contributed by atoms with Gasteiger partial charge in [0.2, 0.25) is 0 Å². The Labute approximate surface area is 169 Å². The minimum absolute atomic E-state index is 0.232. The van der Waals surface area contributed by atoms with Crippen molar-refractivity contribution in [1.29, 1.82) is 0 Å². The topological polar surface area (TPSA) is 87.3 Å². The largest absolute Gasteiger partial charge is 0.467 e. The van der Waals surface area contributed by atoms with E-state index in [2.05, 4.69) is 15.3 Å². The maximum absolute atomic E-state index is 13.1. The van der Waals surface area contributed by atoms with Gasteiger partial charge in [-0.3, -0.25) is 0 Å². The van der Waals surface area contributed by atoms with Gasteiger partial charge in [0.15, 0.2) is 0 Å². The van der Waals surface area contributed by atoms with Crippen LogP contribution in [-0.2, 0) is 16.0 Å². The number of amides is 2. The minimum Gasteiger partial charge on any atom is -0.467 e. The van der Waals surface area contributed by atoms with Crippen molar-refractivity contribution in [2.24, 2.45) is 5.92 Å². The molecule has 0 unspecified atom stereocenters. The highest BCUT2D eigenvalue weighted by Gasteiger charge is 2.35. The van der Waals surface area contributed by atoms with Crippen LogP contribution < -0.4 is 5.32 Å². The zero-order valence-electron chi connectivity index (χ0n) is 16.2. The van der Waals surface area contributed by atoms with Gasteiger partial charge >= 0.3 is 12.0 Å². The summed E-state index contributed by atoms with van der Waals surface area (Å²) in [5.41, 5.74) is 2.73. The number of carbonyl (C=O) groups is 2. The van der Waals surface area contributed by atoms with Gasteiger partial charge < -0.3 is 19.9 Å². The van der Waals surface area contributed by atoms with Crippen LogP contribution in [0.15, 0.2) is 30.6 Å². The number of H-pyrrole nitrogens is 1. The molecule has 2 heterocycles. The quantitative estimate of drug-likeness (QED) is 0.748. The molecule has 150 valence electrons. The highest BCUT2D eigenvalue weighted by atomic mass is 35.5. The normalized spacial score (nSPS) is 17.2. The van der Waals surface area contributed by atoms with E-state index in [0.717, 1.165) is 17.0 Å². The van der Waals surface area contributed by atoms with Crippen molar-refractivity contribution in [2.75, 3.05) is 13.7 Å². The second kappa shape index (κ2) is 8.65. The fraction of sp³-hybridized carbons (Fsp3) is 0.450. The minimum atomic E-state index is -0.691. The number of methoxy groups -OCH3 is 1. The number of halogens is 1. The first-order valence-electron chi connectivity index (χ1n) is 9.33. The van der Waals surface area contributed by atoms with E-state index in [4.69, 9.17) is 16.3 Å². The number of benzene rings is 1. The van der Waals surface area contributed by atoms with Gasteiger partial charge in [0.25, 0.3) is 0 Å². The predicted molar refractivity (Wildman–Crippen MR) is 106 cm³/mol. The lowest BCUT2D eigenvalue weighted by Gasteiger charge is -2.36. The highest BCUT2D eigenvalue weighted by molar-refractivity contribution is 6.30. The van der Waals surface area contributed by atoms with Gasteiger partial charge in [-0.25, -0.2) is 14.6 Å². The molecule has 2 atom stereocenters. The van der Waals surface area contributed by atoms with Crippen LogP contribution in [-0.4, -0.2) is 46.6 Å². The zero-order valence-corrected chi connectivity index (χ0v) is 17.0. The van der Waals surface area contributed by atoms with E-state index in [1.165, 1.54) is 7.11 Å². The molecule has 7 nitrogen and oxygen atoms in total. The van der Waals surface area contributed by atoms with Gasteiger partial charge in [-0.1, -0.05) is 37.6 Å². The number of hydrogen-bond acceptors (Lipinski definition) is 4. The predicted octanol–water partition coefficient (Wildman–Crippen LogP) is 3.31. The van der Waals surface area contributed by atoms with Crippen molar-refractivity contribution in [2.45, 2.75) is 38.8 Å². The number of imidazole rings is 1. The first-order valence-corrected chi connectivity index (χ1v) is 9.71. The Hall–Kier alpha value is -2.54. The van der Waals surface area contributed by atoms with Crippen molar-refractivity contribution < 1.29 is 14.3 Å². The summed E-state index contributed by atoms with van der Waals surface area (Å²) in [5.74, 6) is -0.210. The molecule has 2 aromatic rings. The second-order valence-electron chi connectivity index (χ2n) is 7.32. The van der Waals surface area contributed by atoms with Crippen LogP contribution in [0.3, 0.4) is 0 Å². The molecule has 1 aliphatic heterocycles. The fourth-order valence-corrected chi connectivity index (χ4v) is 3.66. The number of aromatic amines is 1. The van der Waals surface area contributed by atoms with E-state index >= 15 is 0 Å². The summed E-state index contributed by atoms with van der Waals surface area (Å²) in [5, 5.41) is 3.48. The summed E-state index contributed by atoms with van der Waals surface area (Å²) in [7, 11) is 1.33. The molecule has 0 aliphatic carbocycles. The van der Waals surface area contributed by atoms with Crippen molar-refractivity contribution >= 4 is 23.6 Å². The molecule has 0 saturated heterocycles. The Morgan fingerprint density at radius 3 is 2.71 bits per heavy atom. The molecule has 2 amide bonds. The molecule has 1 aromatic carbocycles. The summed E-state index contributed by atoms with van der Waals surface area (Å²) in [6.45, 7) is 4.49. The molecule has 0 fully saturated rings. The van der Waals surface area contributed by atoms with Crippen LogP contribution >= 0.6 is 11.6 Å². The van der Waals surface area contributed by atoms with Crippen LogP contribution in [0.2, 0.25) is 5.02 Å². The molecule has 0 bridgehead atoms. The number of hydrogen-bond donors (Lipinski definition) is 2. The van der Waals surface area contributed by atoms with E-state index in [0.29, 0.717) is 24.4 Å². The maximum Gasteiger partial charge on any atom is 0.328 e. The number of esters is 1. The van der Waals surface area contributed by atoms with Gasteiger partial charge in [-0.05, 0) is 30.0 Å². The molecule has 3 rings (SSSR count). The number of nitrogens with zero attached hydrogens (tertiary/aromatic N) is 2. The molecule has 1 aliphatic rings. The van der Waals surface area contributed by atoms with Gasteiger partial charge in [0.05, 0.1) is 19.1 Å². The summed E-state index contributed by atoms with van der Waals surface area (Å²) >= 11 is 6.03. The number of rotatable bonds is 5. The Balaban J connectivity index is 1.89. The number of aromatic nitrogens is 2. The lowest BCUT2D eigenvalue weighted by Crippen LogP contribution is -2.51. The fourth-order valence-electron chi connectivity index (χ4n) is 3.54. The smallest absolute Gasteiger partial charge is 0.328 e. The van der Waals surface area contributed by atoms with E-state index in [9.17, 15) is 9.59 Å². The van der Waals surface area contributed by atoms with Crippen LogP contribution in [0.25, 0.3) is 0 Å². The first-order chi connectivity index (χ1) is 13.4. The number of nitrogens with one attached hydrogen (secondary N) is 2. The third-order valence-electron chi connectivity index (χ3n) is 4.86. The molecule has 28 heavy (non-hydrogen) atoms. The molecule has 0 spiro atoms. The van der Waals surface area contributed by atoms with Crippen LogP contribution in [0.5, 0.6) is 0 Å². The molecule has 0 saturated carbocycles. The summed E-state index contributed by atoms with van der Waals surface area (Å²) < 4.78 is 4.87. The van der Waals surface area contributed by atoms with E-state index in [-0.39, 0.29) is 18.0 Å². The Morgan fingerprint density at radius 1 is 1.36 bits per heavy atom. The van der Waals surface area contributed by atoms with Crippen molar-refractivity contribution in [3.8, 4) is 0 Å². The SMILES string of the molecule is COC(=O)[C@H](CC(C)C)NC(=O)N1CCc2[nH]cnc2[C@@H]1c1ccc(Cl)cc1. The molecular weight excluding hydrogens is 380 g/mol. The van der Waals surface area contributed by atoms with E-state index in [1.807, 2.05) is 26.0 Å². The Bertz CT molecular complexity index is 834. The number of ether oxygens (including phenoxy) is 1. The van der Waals surface area contributed by atoms with Crippen molar-refractivity contribution in [3.63, 3.8) is 0 Å². The number of fused-ring (bicyclic) bond motifs is 1. The van der Waals surface area contributed by atoms with Crippen LogP contribution in [0, 0.1) is 5.92 Å². The first kappa shape index (κ1) is 20.2. The maximum atomic E-state index is 13.1. The van der Waals surface area contributed by atoms with E-state index < -0.39 is 12.0 Å². The molecule has 1 aromatic heterocycles. The Morgan fingerprint density at radius 2 is 2.07 bits per heavy atom. The molecule has 0 radical (unpaired) electrons. The summed E-state index contributed by atoms with van der Waals surface area (Å²) in [4.78, 5) is 34.6. The zero-order chi connectivity index (χ0) is 20.3. The third kappa shape index (κ3) is 4.30. The highest BCUT2D eigenvalue weighted by Crippen LogP contribution is 2.34. The lowest BCUT2D eigenvalue weighted by molar-refractivity contribution is -0.143. The van der Waals surface area contributed by atoms with Crippen LogP contribution in [0.1, 0.15) is 43.3 Å². The van der Waals surface area contributed by atoms with Gasteiger partial charge in [0, 0.05) is 23.7 Å².